The molecule has 0 spiro atoms. The van der Waals surface area contributed by atoms with Gasteiger partial charge in [-0.1, -0.05) is 72.3 Å². The van der Waals surface area contributed by atoms with Crippen LogP contribution in [0.1, 0.15) is 92.7 Å². The summed E-state index contributed by atoms with van der Waals surface area (Å²) in [7, 11) is 1.58. The van der Waals surface area contributed by atoms with Gasteiger partial charge in [-0.15, -0.1) is 0 Å². The summed E-state index contributed by atoms with van der Waals surface area (Å²) < 4.78 is 30.6. The lowest BCUT2D eigenvalue weighted by Crippen LogP contribution is -2.52. The number of ether oxygens (including phenoxy) is 4. The Balaban J connectivity index is 1.34. The van der Waals surface area contributed by atoms with Crippen LogP contribution in [0, 0.1) is 5.92 Å². The van der Waals surface area contributed by atoms with Gasteiger partial charge in [0.05, 0.1) is 12.2 Å². The summed E-state index contributed by atoms with van der Waals surface area (Å²) in [6.07, 6.45) is 4.72. The van der Waals surface area contributed by atoms with Crippen LogP contribution in [0.5, 0.6) is 5.75 Å². The highest BCUT2D eigenvalue weighted by Gasteiger charge is 2.50. The van der Waals surface area contributed by atoms with Gasteiger partial charge in [-0.2, -0.15) is 0 Å². The van der Waals surface area contributed by atoms with Gasteiger partial charge in [-0.3, -0.25) is 4.79 Å². The maximum Gasteiger partial charge on any atom is 0.339 e. The molecule has 1 aromatic heterocycles. The minimum atomic E-state index is -1.11. The summed E-state index contributed by atoms with van der Waals surface area (Å²) >= 11 is 0. The second kappa shape index (κ2) is 14.6. The zero-order valence-corrected chi connectivity index (χ0v) is 30.5. The Labute approximate surface area is 304 Å². The van der Waals surface area contributed by atoms with Crippen molar-refractivity contribution in [3.63, 3.8) is 0 Å². The van der Waals surface area contributed by atoms with E-state index in [1.165, 1.54) is 5.56 Å². The van der Waals surface area contributed by atoms with Crippen LogP contribution in [0.4, 0.5) is 0 Å². The lowest BCUT2D eigenvalue weighted by Gasteiger charge is -2.43. The van der Waals surface area contributed by atoms with Crippen LogP contribution in [0.15, 0.2) is 105 Å². The van der Waals surface area contributed by atoms with E-state index < -0.39 is 35.4 Å². The molecule has 270 valence electrons. The molecule has 3 aliphatic heterocycles. The summed E-state index contributed by atoms with van der Waals surface area (Å²) in [5.74, 6) is -0.463. The van der Waals surface area contributed by atoms with Gasteiger partial charge in [0, 0.05) is 48.3 Å². The fourth-order valence-electron chi connectivity index (χ4n) is 7.98. The summed E-state index contributed by atoms with van der Waals surface area (Å²) in [4.78, 5) is 41.8. The lowest BCUT2D eigenvalue weighted by molar-refractivity contribution is -0.188. The van der Waals surface area contributed by atoms with Crippen LogP contribution in [0.3, 0.4) is 0 Å². The van der Waals surface area contributed by atoms with E-state index in [4.69, 9.17) is 23.4 Å². The fourth-order valence-corrected chi connectivity index (χ4v) is 7.98. The summed E-state index contributed by atoms with van der Waals surface area (Å²) in [5.41, 5.74) is 4.28. The van der Waals surface area contributed by atoms with Crippen molar-refractivity contribution in [2.24, 2.45) is 5.92 Å². The molecule has 0 saturated heterocycles. The number of fused-ring (bicyclic) bond motifs is 11. The molecule has 52 heavy (non-hydrogen) atoms. The molecule has 3 aromatic carbocycles. The molecule has 0 saturated carbocycles. The fraction of sp³-hybridized carbons (Fsp3) is 0.386. The normalized spacial score (nSPS) is 24.2. The molecule has 2 bridgehead atoms. The molecule has 0 radical (unpaired) electrons. The third-order valence-electron chi connectivity index (χ3n) is 10.8. The number of allylic oxidation sites excluding steroid dienone is 3. The number of hydrogen-bond acceptors (Lipinski definition) is 8. The van der Waals surface area contributed by atoms with E-state index in [-0.39, 0.29) is 29.8 Å². The highest BCUT2D eigenvalue weighted by Crippen LogP contribution is 2.48. The molecule has 4 heterocycles. The van der Waals surface area contributed by atoms with Gasteiger partial charge in [-0.05, 0) is 87.8 Å². The van der Waals surface area contributed by atoms with E-state index in [1.54, 1.807) is 19.2 Å². The Kier molecular flexibility index (Phi) is 9.94. The molecule has 4 aromatic rings. The zero-order valence-electron chi connectivity index (χ0n) is 30.5. The van der Waals surface area contributed by atoms with Gasteiger partial charge in [-0.25, -0.2) is 9.59 Å². The molecule has 0 amide bonds. The predicted molar refractivity (Wildman–Crippen MR) is 198 cm³/mol. The van der Waals surface area contributed by atoms with E-state index in [0.717, 1.165) is 23.1 Å². The Morgan fingerprint density at radius 1 is 0.885 bits per heavy atom. The van der Waals surface area contributed by atoms with E-state index >= 15 is 0 Å². The summed E-state index contributed by atoms with van der Waals surface area (Å²) in [6.45, 7) is 7.79. The first-order valence-corrected chi connectivity index (χ1v) is 18.2. The number of rotatable bonds is 4. The monoisotopic (exact) mass is 702 g/mol. The summed E-state index contributed by atoms with van der Waals surface area (Å²) in [5, 5.41) is 0.636. The molecule has 8 heteroatoms. The van der Waals surface area contributed by atoms with Crippen molar-refractivity contribution in [2.45, 2.75) is 89.4 Å². The topological polar surface area (TPSA) is 101 Å². The molecule has 1 aliphatic carbocycles. The molecule has 4 aliphatic rings. The highest BCUT2D eigenvalue weighted by atomic mass is 16.6. The van der Waals surface area contributed by atoms with Crippen LogP contribution >= 0.6 is 0 Å². The number of carbonyl (C=O) groups excluding carboxylic acids is 2. The Morgan fingerprint density at radius 3 is 2.38 bits per heavy atom. The SMILES string of the molecule is COCCc1cc2ccc3c(c2oc1=O)[C@@H]1OC(=O)C[C@@H]2C[C@H](c4ccccc4)C=C[C@@H]2c2ccc(cc2)CCC(=C(C)C)C(=O)O[C@@H]1C(C)(C)O3. The van der Waals surface area contributed by atoms with Crippen molar-refractivity contribution in [3.8, 4) is 5.75 Å². The number of esters is 2. The standard InChI is InChI=1S/C44H46O8/c1-26(2)34-18-13-27-11-14-29(15-12-27)35-19-16-30(28-9-7-6-8-10-28)23-33(35)25-37(45)49-40-38-36(52-44(3,4)41(40)51-43(34)47)20-17-31-24-32(21-22-48-5)42(46)50-39(31)38/h6-12,14-17,19-20,24,30,33,35,40-41H,13,18,21-23,25H2,1-5H3/t30-,33+,35-,40+,41+/m1/s1. The predicted octanol–water partition coefficient (Wildman–Crippen LogP) is 8.47. The highest BCUT2D eigenvalue weighted by molar-refractivity contribution is 5.90. The van der Waals surface area contributed by atoms with E-state index in [1.807, 2.05) is 52.0 Å². The Hall–Kier alpha value is -4.95. The minimum absolute atomic E-state index is 0.000717. The average molecular weight is 703 g/mol. The Morgan fingerprint density at radius 2 is 1.65 bits per heavy atom. The van der Waals surface area contributed by atoms with E-state index in [9.17, 15) is 14.4 Å². The number of methoxy groups -OCH3 is 1. The summed E-state index contributed by atoms with van der Waals surface area (Å²) in [6, 6.07) is 24.2. The van der Waals surface area contributed by atoms with Crippen molar-refractivity contribution in [2.75, 3.05) is 13.7 Å². The van der Waals surface area contributed by atoms with Gasteiger partial charge < -0.3 is 23.4 Å². The van der Waals surface area contributed by atoms with Gasteiger partial charge in [0.1, 0.15) is 16.9 Å². The van der Waals surface area contributed by atoms with Gasteiger partial charge in [0.2, 0.25) is 0 Å². The zero-order chi connectivity index (χ0) is 36.6. The maximum absolute atomic E-state index is 14.4. The number of hydrogen-bond donors (Lipinski definition) is 0. The van der Waals surface area contributed by atoms with Crippen molar-refractivity contribution < 1.29 is 33.0 Å². The third-order valence-corrected chi connectivity index (χ3v) is 10.8. The first kappa shape index (κ1) is 35.5. The number of carbonyl (C=O) groups is 2. The molecule has 5 atom stereocenters. The largest absolute Gasteiger partial charge is 0.483 e. The average Bonchev–Trinajstić information content (AvgIpc) is 3.12. The van der Waals surface area contributed by atoms with Gasteiger partial charge in [0.25, 0.3) is 0 Å². The van der Waals surface area contributed by atoms with Crippen molar-refractivity contribution in [3.05, 3.63) is 134 Å². The molecule has 0 N–H and O–H groups in total. The van der Waals surface area contributed by atoms with E-state index in [2.05, 4.69) is 48.6 Å². The van der Waals surface area contributed by atoms with Crippen LogP contribution in [0.25, 0.3) is 11.0 Å². The van der Waals surface area contributed by atoms with Crippen molar-refractivity contribution in [1.82, 2.24) is 0 Å². The number of aryl methyl sites for hydroxylation is 1. The molecule has 0 fully saturated rings. The minimum Gasteiger partial charge on any atom is -0.483 e. The third kappa shape index (κ3) is 7.09. The molecule has 8 nitrogen and oxygen atoms in total. The lowest BCUT2D eigenvalue weighted by atomic mass is 9.72. The smallest absolute Gasteiger partial charge is 0.339 e. The van der Waals surface area contributed by atoms with Gasteiger partial charge >= 0.3 is 17.6 Å². The molecule has 0 unspecified atom stereocenters. The number of benzene rings is 3. The van der Waals surface area contributed by atoms with Crippen LogP contribution in [-0.4, -0.2) is 37.4 Å². The molecular weight excluding hydrogens is 656 g/mol. The first-order chi connectivity index (χ1) is 25.0. The van der Waals surface area contributed by atoms with Crippen molar-refractivity contribution >= 4 is 22.9 Å². The Bertz CT molecular complexity index is 2080. The maximum atomic E-state index is 14.4. The molecule has 8 rings (SSSR count). The second-order valence-corrected chi connectivity index (χ2v) is 15.0. The van der Waals surface area contributed by atoms with Crippen LogP contribution < -0.4 is 10.4 Å². The quantitative estimate of drug-likeness (QED) is 0.0904. The van der Waals surface area contributed by atoms with Crippen LogP contribution in [-0.2, 0) is 36.6 Å². The van der Waals surface area contributed by atoms with E-state index in [0.29, 0.717) is 53.7 Å². The first-order valence-electron chi connectivity index (χ1n) is 18.2. The van der Waals surface area contributed by atoms with Crippen molar-refractivity contribution in [1.29, 1.82) is 0 Å². The van der Waals surface area contributed by atoms with Gasteiger partial charge in [0.15, 0.2) is 12.2 Å². The molecular formula is C44H46O8. The van der Waals surface area contributed by atoms with Crippen LogP contribution in [0.2, 0.25) is 0 Å². The second-order valence-electron chi connectivity index (χ2n) is 15.0.